The number of nitrogens with zero attached hydrogens (tertiary/aromatic N) is 1. The molecule has 124 valence electrons. The van der Waals surface area contributed by atoms with Crippen LogP contribution in [0.3, 0.4) is 0 Å². The summed E-state index contributed by atoms with van der Waals surface area (Å²) in [6.07, 6.45) is 4.51. The summed E-state index contributed by atoms with van der Waals surface area (Å²) in [5.74, 6) is 0.694. The summed E-state index contributed by atoms with van der Waals surface area (Å²) in [4.78, 5) is 26.0. The average Bonchev–Trinajstić information content (AvgIpc) is 2.52. The van der Waals surface area contributed by atoms with E-state index in [4.69, 9.17) is 16.3 Å². The van der Waals surface area contributed by atoms with Gasteiger partial charge in [-0.2, -0.15) is 0 Å². The highest BCUT2D eigenvalue weighted by Gasteiger charge is 2.29. The molecule has 2 aliphatic rings. The molecular weight excluding hydrogens is 316 g/mol. The maximum absolute atomic E-state index is 12.4. The fraction of sp³-hybridized carbons (Fsp3) is 0.529. The predicted octanol–water partition coefficient (Wildman–Crippen LogP) is 2.76. The van der Waals surface area contributed by atoms with Crippen LogP contribution >= 0.6 is 11.6 Å². The number of halogens is 1. The number of anilines is 1. The lowest BCUT2D eigenvalue weighted by Crippen LogP contribution is -2.49. The minimum atomic E-state index is -0.230. The predicted molar refractivity (Wildman–Crippen MR) is 88.9 cm³/mol. The monoisotopic (exact) mass is 336 g/mol. The molecule has 1 aromatic carbocycles. The molecule has 1 saturated carbocycles. The number of benzene rings is 1. The fourth-order valence-electron chi connectivity index (χ4n) is 3.28. The Bertz CT molecular complexity index is 620. The number of ether oxygens (including phenoxy) is 1. The molecule has 23 heavy (non-hydrogen) atoms. The van der Waals surface area contributed by atoms with Crippen molar-refractivity contribution in [3.8, 4) is 5.75 Å². The van der Waals surface area contributed by atoms with Crippen LogP contribution in [-0.2, 0) is 9.59 Å². The minimum absolute atomic E-state index is 0.00123. The molecule has 2 atom stereocenters. The molecule has 0 saturated heterocycles. The zero-order valence-corrected chi connectivity index (χ0v) is 13.9. The smallest absolute Gasteiger partial charge is 0.265 e. The number of hydrogen-bond donors (Lipinski definition) is 1. The van der Waals surface area contributed by atoms with Gasteiger partial charge in [-0.15, -0.1) is 0 Å². The minimum Gasteiger partial charge on any atom is -0.482 e. The average molecular weight is 337 g/mol. The number of hydrogen-bond acceptors (Lipinski definition) is 3. The lowest BCUT2D eigenvalue weighted by Gasteiger charge is -2.32. The van der Waals surface area contributed by atoms with Crippen molar-refractivity contribution < 1.29 is 14.3 Å². The number of amides is 2. The Morgan fingerprint density at radius 1 is 1.39 bits per heavy atom. The number of rotatable bonds is 3. The van der Waals surface area contributed by atoms with Crippen LogP contribution in [0.1, 0.15) is 32.6 Å². The van der Waals surface area contributed by atoms with Gasteiger partial charge in [0.2, 0.25) is 5.91 Å². The van der Waals surface area contributed by atoms with Crippen LogP contribution in [0.2, 0.25) is 5.02 Å². The van der Waals surface area contributed by atoms with E-state index in [2.05, 4.69) is 12.2 Å². The van der Waals surface area contributed by atoms with Gasteiger partial charge >= 0.3 is 0 Å². The second kappa shape index (κ2) is 6.79. The summed E-state index contributed by atoms with van der Waals surface area (Å²) in [6.45, 7) is 2.11. The highest BCUT2D eigenvalue weighted by molar-refractivity contribution is 6.31. The van der Waals surface area contributed by atoms with E-state index in [1.807, 2.05) is 0 Å². The van der Waals surface area contributed by atoms with E-state index in [-0.39, 0.29) is 31.0 Å². The zero-order valence-electron chi connectivity index (χ0n) is 13.2. The Hall–Kier alpha value is -1.75. The van der Waals surface area contributed by atoms with Gasteiger partial charge in [0.15, 0.2) is 6.61 Å². The van der Waals surface area contributed by atoms with Crippen molar-refractivity contribution in [3.05, 3.63) is 23.2 Å². The van der Waals surface area contributed by atoms with E-state index in [0.717, 1.165) is 19.3 Å². The fourth-order valence-corrected chi connectivity index (χ4v) is 3.44. The van der Waals surface area contributed by atoms with E-state index >= 15 is 0 Å². The molecule has 0 aromatic heterocycles. The molecule has 3 rings (SSSR count). The quantitative estimate of drug-likeness (QED) is 0.923. The molecule has 0 bridgehead atoms. The first kappa shape index (κ1) is 16.1. The first-order valence-corrected chi connectivity index (χ1v) is 8.44. The first-order chi connectivity index (χ1) is 11.0. The maximum atomic E-state index is 12.4. The number of carbonyl (C=O) groups is 2. The Morgan fingerprint density at radius 2 is 2.17 bits per heavy atom. The third kappa shape index (κ3) is 3.61. The van der Waals surface area contributed by atoms with Gasteiger partial charge in [-0.3, -0.25) is 14.5 Å². The summed E-state index contributed by atoms with van der Waals surface area (Å²) in [7, 11) is 0. The molecule has 1 fully saturated rings. The molecule has 6 heteroatoms. The van der Waals surface area contributed by atoms with Crippen LogP contribution < -0.4 is 15.0 Å². The molecule has 0 spiro atoms. The topological polar surface area (TPSA) is 58.6 Å². The molecule has 0 unspecified atom stereocenters. The van der Waals surface area contributed by atoms with Crippen LogP contribution in [0, 0.1) is 5.92 Å². The van der Waals surface area contributed by atoms with E-state index in [1.54, 1.807) is 18.2 Å². The van der Waals surface area contributed by atoms with Crippen LogP contribution in [-0.4, -0.2) is 31.0 Å². The zero-order chi connectivity index (χ0) is 16.4. The summed E-state index contributed by atoms with van der Waals surface area (Å²) in [6, 6.07) is 5.28. The number of carbonyl (C=O) groups excluding carboxylic acids is 2. The Balaban J connectivity index is 1.70. The second-order valence-electron chi connectivity index (χ2n) is 6.32. The van der Waals surface area contributed by atoms with Crippen molar-refractivity contribution in [1.29, 1.82) is 0 Å². The van der Waals surface area contributed by atoms with E-state index < -0.39 is 0 Å². The lowest BCUT2D eigenvalue weighted by atomic mass is 9.86. The van der Waals surface area contributed by atoms with Gasteiger partial charge in [-0.1, -0.05) is 31.4 Å². The van der Waals surface area contributed by atoms with Gasteiger partial charge in [-0.25, -0.2) is 0 Å². The summed E-state index contributed by atoms with van der Waals surface area (Å²) in [5.41, 5.74) is 0.556. The van der Waals surface area contributed by atoms with Gasteiger partial charge in [-0.05, 0) is 37.0 Å². The highest BCUT2D eigenvalue weighted by atomic mass is 35.5. The summed E-state index contributed by atoms with van der Waals surface area (Å²) < 4.78 is 5.39. The summed E-state index contributed by atoms with van der Waals surface area (Å²) in [5, 5.41) is 3.58. The van der Waals surface area contributed by atoms with E-state index in [0.29, 0.717) is 22.4 Å². The molecule has 0 radical (unpaired) electrons. The third-order valence-corrected chi connectivity index (χ3v) is 4.86. The second-order valence-corrected chi connectivity index (χ2v) is 6.75. The molecule has 1 aliphatic heterocycles. The standard InChI is InChI=1S/C17H21ClN2O3/c1-11-4-2-3-5-13(11)19-16(21)9-20-14-8-12(18)6-7-15(14)23-10-17(20)22/h6-8,11,13H,2-5,9-10H2,1H3,(H,19,21)/t11-,13+/m0/s1. The van der Waals surface area contributed by atoms with Gasteiger partial charge in [0.25, 0.3) is 5.91 Å². The maximum Gasteiger partial charge on any atom is 0.265 e. The Morgan fingerprint density at radius 3 is 2.96 bits per heavy atom. The highest BCUT2D eigenvalue weighted by Crippen LogP contribution is 2.34. The van der Waals surface area contributed by atoms with E-state index in [1.165, 1.54) is 11.3 Å². The molecule has 1 heterocycles. The van der Waals surface area contributed by atoms with Crippen LogP contribution in [0.25, 0.3) is 0 Å². The van der Waals surface area contributed by atoms with Crippen LogP contribution in [0.4, 0.5) is 5.69 Å². The third-order valence-electron chi connectivity index (χ3n) is 4.62. The normalized spacial score (nSPS) is 23.9. The largest absolute Gasteiger partial charge is 0.482 e. The first-order valence-electron chi connectivity index (χ1n) is 8.06. The lowest BCUT2D eigenvalue weighted by molar-refractivity contribution is -0.126. The van der Waals surface area contributed by atoms with Crippen LogP contribution in [0.15, 0.2) is 18.2 Å². The van der Waals surface area contributed by atoms with Crippen molar-refractivity contribution in [2.45, 2.75) is 38.6 Å². The van der Waals surface area contributed by atoms with Crippen molar-refractivity contribution in [2.75, 3.05) is 18.1 Å². The van der Waals surface area contributed by atoms with Crippen molar-refractivity contribution >= 4 is 29.1 Å². The SMILES string of the molecule is C[C@H]1CCCC[C@H]1NC(=O)CN1C(=O)COc2ccc(Cl)cc21. The Kier molecular flexibility index (Phi) is 4.76. The van der Waals surface area contributed by atoms with Gasteiger partial charge in [0.05, 0.1) is 5.69 Å². The van der Waals surface area contributed by atoms with E-state index in [9.17, 15) is 9.59 Å². The van der Waals surface area contributed by atoms with Gasteiger partial charge in [0, 0.05) is 11.1 Å². The number of nitrogens with one attached hydrogen (secondary N) is 1. The molecule has 2 amide bonds. The van der Waals surface area contributed by atoms with Gasteiger partial charge in [0.1, 0.15) is 12.3 Å². The van der Waals surface area contributed by atoms with Crippen molar-refractivity contribution in [1.82, 2.24) is 5.32 Å². The molecular formula is C17H21ClN2O3. The molecule has 1 aromatic rings. The van der Waals surface area contributed by atoms with Crippen molar-refractivity contribution in [2.24, 2.45) is 5.92 Å². The Labute approximate surface area is 140 Å². The van der Waals surface area contributed by atoms with Crippen LogP contribution in [0.5, 0.6) is 5.75 Å². The van der Waals surface area contributed by atoms with Gasteiger partial charge < -0.3 is 10.1 Å². The number of fused-ring (bicyclic) bond motifs is 1. The summed E-state index contributed by atoms with van der Waals surface area (Å²) >= 11 is 6.01. The molecule has 1 N–H and O–H groups in total. The molecule has 1 aliphatic carbocycles. The molecule has 5 nitrogen and oxygen atoms in total. The van der Waals surface area contributed by atoms with Crippen molar-refractivity contribution in [3.63, 3.8) is 0 Å².